The lowest BCUT2D eigenvalue weighted by atomic mass is 9.74. The first-order chi connectivity index (χ1) is 13.4. The van der Waals surface area contributed by atoms with Gasteiger partial charge in [0.2, 0.25) is 0 Å². The molecule has 1 heterocycles. The fourth-order valence-electron chi connectivity index (χ4n) is 4.62. The van der Waals surface area contributed by atoms with Crippen molar-refractivity contribution in [2.24, 2.45) is 0 Å². The summed E-state index contributed by atoms with van der Waals surface area (Å²) in [5, 5.41) is 13.7. The number of nitrogens with one attached hydrogen (secondary N) is 1. The van der Waals surface area contributed by atoms with Crippen molar-refractivity contribution in [3.05, 3.63) is 57.6 Å². The third-order valence-corrected chi connectivity index (χ3v) is 6.42. The first-order valence-corrected chi connectivity index (χ1v) is 10.1. The third kappa shape index (κ3) is 3.23. The Bertz CT molecular complexity index is 928. The number of fused-ring (bicyclic) bond motifs is 5. The Balaban J connectivity index is 1.85. The number of hydrogen-bond acceptors (Lipinski definition) is 3. The number of likely N-dealkylation sites (N-methyl/N-ethyl adjacent to an activating group) is 1. The number of nitrogens with zero attached hydrogens (tertiary/aromatic N) is 2. The van der Waals surface area contributed by atoms with E-state index in [-0.39, 0.29) is 17.7 Å². The summed E-state index contributed by atoms with van der Waals surface area (Å²) in [6, 6.07) is 10.1. The second-order valence-electron chi connectivity index (χ2n) is 8.01. The Morgan fingerprint density at radius 2 is 2.04 bits per heavy atom. The van der Waals surface area contributed by atoms with Gasteiger partial charge in [0.15, 0.2) is 0 Å². The van der Waals surface area contributed by atoms with Crippen LogP contribution in [0.2, 0.25) is 5.02 Å². The fourth-order valence-corrected chi connectivity index (χ4v) is 4.81. The van der Waals surface area contributed by atoms with E-state index in [1.54, 1.807) is 19.0 Å². The molecule has 2 unspecified atom stereocenters. The highest BCUT2D eigenvalue weighted by Gasteiger charge is 2.37. The van der Waals surface area contributed by atoms with Gasteiger partial charge in [0, 0.05) is 38.3 Å². The molecular formula is C22H26ClN3O2. The first-order valence-electron chi connectivity index (χ1n) is 9.68. The van der Waals surface area contributed by atoms with Crippen molar-refractivity contribution in [2.75, 3.05) is 33.0 Å². The van der Waals surface area contributed by atoms with Crippen LogP contribution in [0.15, 0.2) is 30.3 Å². The molecule has 2 atom stereocenters. The molecule has 0 bridgehead atoms. The van der Waals surface area contributed by atoms with Crippen LogP contribution in [0.1, 0.15) is 34.6 Å². The number of hydrogen-bond donors (Lipinski definition) is 2. The number of benzene rings is 2. The van der Waals surface area contributed by atoms with E-state index in [4.69, 9.17) is 11.6 Å². The van der Waals surface area contributed by atoms with Gasteiger partial charge in [-0.05, 0) is 66.8 Å². The number of carbonyl (C=O) groups is 1. The van der Waals surface area contributed by atoms with Crippen molar-refractivity contribution in [2.45, 2.75) is 31.2 Å². The van der Waals surface area contributed by atoms with Crippen molar-refractivity contribution in [1.29, 1.82) is 0 Å². The number of anilines is 1. The molecule has 2 aliphatic rings. The summed E-state index contributed by atoms with van der Waals surface area (Å²) in [7, 11) is 5.65. The maximum absolute atomic E-state index is 12.2. The largest absolute Gasteiger partial charge is 0.506 e. The Labute approximate surface area is 170 Å². The van der Waals surface area contributed by atoms with E-state index < -0.39 is 0 Å². The number of halogens is 1. The minimum Gasteiger partial charge on any atom is -0.506 e. The van der Waals surface area contributed by atoms with Crippen LogP contribution in [0.3, 0.4) is 0 Å². The second kappa shape index (κ2) is 7.30. The highest BCUT2D eigenvalue weighted by Crippen LogP contribution is 2.45. The Morgan fingerprint density at radius 1 is 1.25 bits per heavy atom. The standard InChI is InChI=1S/C22H26ClN3O2/c1-25(2)22(28)24-18-6-4-5-15-14(18)7-8-19-21(15)16-12-20(27)17(23)11-13(16)9-10-26(19)3/h4-6,11-12,19,21,27H,7-10H2,1-3H3,(H,24,28). The van der Waals surface area contributed by atoms with E-state index in [2.05, 4.69) is 23.3 Å². The maximum Gasteiger partial charge on any atom is 0.321 e. The van der Waals surface area contributed by atoms with Crippen LogP contribution in [-0.4, -0.2) is 54.7 Å². The lowest BCUT2D eigenvalue weighted by Gasteiger charge is -2.39. The van der Waals surface area contributed by atoms with Crippen molar-refractivity contribution >= 4 is 23.3 Å². The SMILES string of the molecule is CN(C)C(=O)Nc1cccc2c1CCC1C2c2cc(O)c(Cl)cc2CCN1C. The highest BCUT2D eigenvalue weighted by molar-refractivity contribution is 6.32. The van der Waals surface area contributed by atoms with Gasteiger partial charge in [0.05, 0.1) is 5.02 Å². The predicted octanol–water partition coefficient (Wildman–Crippen LogP) is 4.07. The molecule has 1 aliphatic heterocycles. The van der Waals surface area contributed by atoms with Crippen LogP contribution in [0.5, 0.6) is 5.75 Å². The number of urea groups is 1. The quantitative estimate of drug-likeness (QED) is 0.759. The number of aromatic hydroxyl groups is 1. The van der Waals surface area contributed by atoms with Gasteiger partial charge in [0.1, 0.15) is 5.75 Å². The smallest absolute Gasteiger partial charge is 0.321 e. The summed E-state index contributed by atoms with van der Waals surface area (Å²) in [5.74, 6) is 0.276. The number of amides is 2. The van der Waals surface area contributed by atoms with E-state index >= 15 is 0 Å². The molecule has 0 saturated carbocycles. The van der Waals surface area contributed by atoms with Gasteiger partial charge in [-0.1, -0.05) is 23.7 Å². The minimum atomic E-state index is -0.127. The first kappa shape index (κ1) is 19.1. The van der Waals surface area contributed by atoms with Gasteiger partial charge in [-0.15, -0.1) is 0 Å². The molecule has 4 rings (SSSR count). The number of rotatable bonds is 1. The molecule has 5 nitrogen and oxygen atoms in total. The van der Waals surface area contributed by atoms with Crippen LogP contribution in [0, 0.1) is 0 Å². The molecule has 0 saturated heterocycles. The van der Waals surface area contributed by atoms with Crippen molar-refractivity contribution < 1.29 is 9.90 Å². The van der Waals surface area contributed by atoms with Crippen LogP contribution < -0.4 is 5.32 Å². The lowest BCUT2D eigenvalue weighted by molar-refractivity contribution is 0.214. The molecule has 0 fully saturated rings. The minimum absolute atomic E-state index is 0.127. The predicted molar refractivity (Wildman–Crippen MR) is 113 cm³/mol. The van der Waals surface area contributed by atoms with Crippen molar-refractivity contribution in [3.63, 3.8) is 0 Å². The summed E-state index contributed by atoms with van der Waals surface area (Å²) >= 11 is 6.21. The zero-order chi connectivity index (χ0) is 20.0. The van der Waals surface area contributed by atoms with E-state index in [0.29, 0.717) is 11.1 Å². The van der Waals surface area contributed by atoms with Crippen molar-refractivity contribution in [3.8, 4) is 5.75 Å². The normalized spacial score (nSPS) is 21.1. The molecule has 2 N–H and O–H groups in total. The average Bonchev–Trinajstić information content (AvgIpc) is 2.80. The van der Waals surface area contributed by atoms with E-state index in [0.717, 1.165) is 37.1 Å². The molecule has 1 aliphatic carbocycles. The molecule has 2 amide bonds. The summed E-state index contributed by atoms with van der Waals surface area (Å²) < 4.78 is 0. The Hall–Kier alpha value is -2.24. The van der Waals surface area contributed by atoms with Crippen LogP contribution >= 0.6 is 11.6 Å². The molecule has 0 aromatic heterocycles. The number of phenolic OH excluding ortho intramolecular Hbond substituents is 1. The summed E-state index contributed by atoms with van der Waals surface area (Å²) in [5.41, 5.74) is 5.63. The van der Waals surface area contributed by atoms with Gasteiger partial charge >= 0.3 is 6.03 Å². The molecule has 6 heteroatoms. The number of carbonyl (C=O) groups excluding carboxylic acids is 1. The molecule has 0 radical (unpaired) electrons. The second-order valence-corrected chi connectivity index (χ2v) is 8.42. The maximum atomic E-state index is 12.2. The fraction of sp³-hybridized carbons (Fsp3) is 0.409. The van der Waals surface area contributed by atoms with Crippen molar-refractivity contribution in [1.82, 2.24) is 9.80 Å². The van der Waals surface area contributed by atoms with Gasteiger partial charge in [-0.25, -0.2) is 4.79 Å². The molecule has 2 aromatic rings. The van der Waals surface area contributed by atoms with Crippen LogP contribution in [-0.2, 0) is 12.8 Å². The zero-order valence-electron chi connectivity index (χ0n) is 16.5. The Kier molecular flexibility index (Phi) is 4.98. The lowest BCUT2D eigenvalue weighted by Crippen LogP contribution is -2.40. The van der Waals surface area contributed by atoms with Crippen LogP contribution in [0.4, 0.5) is 10.5 Å². The molecule has 148 valence electrons. The van der Waals surface area contributed by atoms with Gasteiger partial charge in [-0.3, -0.25) is 0 Å². The topological polar surface area (TPSA) is 55.8 Å². The third-order valence-electron chi connectivity index (χ3n) is 6.11. The summed E-state index contributed by atoms with van der Waals surface area (Å²) in [4.78, 5) is 16.2. The average molecular weight is 400 g/mol. The van der Waals surface area contributed by atoms with Crippen LogP contribution in [0.25, 0.3) is 0 Å². The van der Waals surface area contributed by atoms with E-state index in [9.17, 15) is 9.90 Å². The monoisotopic (exact) mass is 399 g/mol. The molecule has 0 spiro atoms. The van der Waals surface area contributed by atoms with Gasteiger partial charge in [0.25, 0.3) is 0 Å². The molecule has 28 heavy (non-hydrogen) atoms. The zero-order valence-corrected chi connectivity index (χ0v) is 17.3. The Morgan fingerprint density at radius 3 is 2.79 bits per heavy atom. The molecular weight excluding hydrogens is 374 g/mol. The van der Waals surface area contributed by atoms with E-state index in [1.165, 1.54) is 16.7 Å². The number of phenols is 1. The van der Waals surface area contributed by atoms with E-state index in [1.807, 2.05) is 24.3 Å². The summed E-state index contributed by atoms with van der Waals surface area (Å²) in [6.07, 6.45) is 2.83. The molecule has 2 aromatic carbocycles. The van der Waals surface area contributed by atoms with Gasteiger partial charge in [-0.2, -0.15) is 0 Å². The van der Waals surface area contributed by atoms with Gasteiger partial charge < -0.3 is 20.2 Å². The highest BCUT2D eigenvalue weighted by atomic mass is 35.5. The summed E-state index contributed by atoms with van der Waals surface area (Å²) in [6.45, 7) is 0.960.